The molecule has 1 saturated carbocycles. The fourth-order valence-electron chi connectivity index (χ4n) is 6.42. The first kappa shape index (κ1) is 24.6. The molecule has 0 radical (unpaired) electrons. The number of fused-ring (bicyclic) bond motifs is 8. The summed E-state index contributed by atoms with van der Waals surface area (Å²) in [4.78, 5) is 30.6. The Balaban J connectivity index is 1.34. The van der Waals surface area contributed by atoms with Crippen LogP contribution in [0.4, 0.5) is 0 Å². The lowest BCUT2D eigenvalue weighted by Crippen LogP contribution is -2.56. The van der Waals surface area contributed by atoms with Gasteiger partial charge in [0.05, 0.1) is 6.61 Å². The third-order valence-electron chi connectivity index (χ3n) is 8.64. The Kier molecular flexibility index (Phi) is 5.84. The molecule has 4 heterocycles. The Morgan fingerprint density at radius 2 is 1.78 bits per heavy atom. The summed E-state index contributed by atoms with van der Waals surface area (Å²) in [6.45, 7) is 1.86. The zero-order valence-corrected chi connectivity index (χ0v) is 23.3. The quantitative estimate of drug-likeness (QED) is 0.341. The SMILES string of the molecule is O=C1c2c(OCc3ccccc3)c(=O)ccn2N2CN1C[C@@H]1C[C@H]1COc1cccc3c1[C@H]2c1ccccc1SC3. The summed E-state index contributed by atoms with van der Waals surface area (Å²) < 4.78 is 14.6. The number of carbonyl (C=O) groups excluding carboxylic acids is 1. The predicted molar refractivity (Wildman–Crippen MR) is 157 cm³/mol. The zero-order chi connectivity index (χ0) is 27.5. The van der Waals surface area contributed by atoms with Gasteiger partial charge in [-0.3, -0.25) is 19.3 Å². The number of carbonyl (C=O) groups is 1. The first-order valence-corrected chi connectivity index (χ1v) is 15.1. The van der Waals surface area contributed by atoms with E-state index in [1.54, 1.807) is 6.20 Å². The minimum absolute atomic E-state index is 0.0966. The maximum Gasteiger partial charge on any atom is 0.277 e. The van der Waals surface area contributed by atoms with Crippen molar-refractivity contribution in [3.8, 4) is 11.5 Å². The van der Waals surface area contributed by atoms with Crippen molar-refractivity contribution in [2.75, 3.05) is 24.8 Å². The Labute approximate surface area is 242 Å². The van der Waals surface area contributed by atoms with Gasteiger partial charge in [0.15, 0.2) is 11.4 Å². The van der Waals surface area contributed by atoms with E-state index < -0.39 is 0 Å². The molecule has 0 saturated heterocycles. The molecule has 2 bridgehead atoms. The molecule has 41 heavy (non-hydrogen) atoms. The smallest absolute Gasteiger partial charge is 0.277 e. The lowest BCUT2D eigenvalue weighted by Gasteiger charge is -2.44. The number of thioether (sulfide) groups is 1. The molecule has 0 unspecified atom stereocenters. The average molecular weight is 564 g/mol. The highest BCUT2D eigenvalue weighted by Gasteiger charge is 2.45. The summed E-state index contributed by atoms with van der Waals surface area (Å²) in [6, 6.07) is 25.8. The van der Waals surface area contributed by atoms with Gasteiger partial charge in [-0.1, -0.05) is 60.7 Å². The monoisotopic (exact) mass is 563 g/mol. The number of hydrogen-bond acceptors (Lipinski definition) is 6. The molecule has 1 aromatic heterocycles. The molecule has 8 heteroatoms. The molecule has 1 fully saturated rings. The Morgan fingerprint density at radius 1 is 0.927 bits per heavy atom. The van der Waals surface area contributed by atoms with Gasteiger partial charge in [0, 0.05) is 35.0 Å². The number of aromatic nitrogens is 1. The molecule has 4 aliphatic rings. The molecule has 4 aromatic rings. The van der Waals surface area contributed by atoms with Crippen LogP contribution in [0.3, 0.4) is 0 Å². The first-order valence-electron chi connectivity index (χ1n) is 14.1. The van der Waals surface area contributed by atoms with E-state index in [1.807, 2.05) is 51.7 Å². The molecule has 8 rings (SSSR count). The summed E-state index contributed by atoms with van der Waals surface area (Å²) in [5.41, 5.74) is 4.41. The van der Waals surface area contributed by atoms with Crippen molar-refractivity contribution in [2.45, 2.75) is 29.7 Å². The molecule has 3 aromatic carbocycles. The van der Waals surface area contributed by atoms with Crippen molar-refractivity contribution in [1.82, 2.24) is 9.58 Å². The van der Waals surface area contributed by atoms with Crippen LogP contribution in [0.1, 0.15) is 45.2 Å². The van der Waals surface area contributed by atoms with E-state index in [0.29, 0.717) is 31.7 Å². The Bertz CT molecular complexity index is 1720. The third kappa shape index (κ3) is 4.20. The summed E-state index contributed by atoms with van der Waals surface area (Å²) >= 11 is 1.82. The molecule has 3 atom stereocenters. The Hall–Kier alpha value is -4.17. The summed E-state index contributed by atoms with van der Waals surface area (Å²) in [7, 11) is 0. The lowest BCUT2D eigenvalue weighted by atomic mass is 9.93. The highest BCUT2D eigenvalue weighted by molar-refractivity contribution is 7.98. The van der Waals surface area contributed by atoms with E-state index in [-0.39, 0.29) is 35.4 Å². The van der Waals surface area contributed by atoms with Gasteiger partial charge in [-0.15, -0.1) is 11.8 Å². The van der Waals surface area contributed by atoms with Crippen molar-refractivity contribution in [1.29, 1.82) is 0 Å². The number of rotatable bonds is 3. The maximum atomic E-state index is 14.2. The second-order valence-corrected chi connectivity index (χ2v) is 12.2. The van der Waals surface area contributed by atoms with E-state index in [1.165, 1.54) is 16.5 Å². The largest absolute Gasteiger partial charge is 0.493 e. The van der Waals surface area contributed by atoms with Crippen LogP contribution in [0.15, 0.2) is 94.7 Å². The molecular formula is C33H29N3O4S. The van der Waals surface area contributed by atoms with Crippen LogP contribution in [0, 0.1) is 11.8 Å². The van der Waals surface area contributed by atoms with Gasteiger partial charge in [-0.05, 0) is 47.1 Å². The van der Waals surface area contributed by atoms with E-state index in [9.17, 15) is 9.59 Å². The predicted octanol–water partition coefficient (Wildman–Crippen LogP) is 5.20. The van der Waals surface area contributed by atoms with Crippen molar-refractivity contribution < 1.29 is 14.3 Å². The van der Waals surface area contributed by atoms with E-state index in [2.05, 4.69) is 47.5 Å². The summed E-state index contributed by atoms with van der Waals surface area (Å²) in [5, 5.41) is 2.21. The van der Waals surface area contributed by atoms with E-state index in [0.717, 1.165) is 34.6 Å². The van der Waals surface area contributed by atoms with Crippen molar-refractivity contribution in [3.63, 3.8) is 0 Å². The molecule has 7 nitrogen and oxygen atoms in total. The highest BCUT2D eigenvalue weighted by Crippen LogP contribution is 2.48. The van der Waals surface area contributed by atoms with Gasteiger partial charge in [0.1, 0.15) is 25.1 Å². The summed E-state index contributed by atoms with van der Waals surface area (Å²) in [5.74, 6) is 2.42. The highest BCUT2D eigenvalue weighted by atomic mass is 32.2. The van der Waals surface area contributed by atoms with Crippen molar-refractivity contribution in [3.05, 3.63) is 123 Å². The number of hydrogen-bond donors (Lipinski definition) is 0. The minimum Gasteiger partial charge on any atom is -0.493 e. The molecule has 1 amide bonds. The second-order valence-electron chi connectivity index (χ2n) is 11.2. The lowest BCUT2D eigenvalue weighted by molar-refractivity contribution is 0.0664. The van der Waals surface area contributed by atoms with Gasteiger partial charge in [-0.2, -0.15) is 0 Å². The van der Waals surface area contributed by atoms with Crippen LogP contribution in [-0.2, 0) is 12.4 Å². The second kappa shape index (κ2) is 9.73. The fraction of sp³-hybridized carbons (Fsp3) is 0.273. The first-order chi connectivity index (χ1) is 20.2. The zero-order valence-electron chi connectivity index (χ0n) is 22.4. The molecular weight excluding hydrogens is 534 g/mol. The molecule has 1 aliphatic carbocycles. The van der Waals surface area contributed by atoms with Gasteiger partial charge in [0.2, 0.25) is 5.43 Å². The van der Waals surface area contributed by atoms with Crippen LogP contribution < -0.4 is 19.9 Å². The topological polar surface area (TPSA) is 64.0 Å². The van der Waals surface area contributed by atoms with Crippen LogP contribution in [0.2, 0.25) is 0 Å². The van der Waals surface area contributed by atoms with Crippen LogP contribution >= 0.6 is 11.8 Å². The standard InChI is InChI=1S/C33H29N3O4S/c37-26-13-14-35-31(32(26)40-17-21-7-2-1-3-8-21)33(38)34-16-23-15-24(23)18-39-27-11-6-9-22-19-41-28-12-5-4-10-25(28)30(29(22)27)36(35)20-34/h1-14,23-24,30H,15-20H2/t23-,24-,30+/m0/s1. The van der Waals surface area contributed by atoms with Gasteiger partial charge in [0.25, 0.3) is 5.91 Å². The fourth-order valence-corrected chi connectivity index (χ4v) is 7.50. The number of nitrogens with zero attached hydrogens (tertiary/aromatic N) is 3. The van der Waals surface area contributed by atoms with Gasteiger partial charge < -0.3 is 14.4 Å². The van der Waals surface area contributed by atoms with Crippen LogP contribution in [0.25, 0.3) is 0 Å². The average Bonchev–Trinajstić information content (AvgIpc) is 3.77. The molecule has 206 valence electrons. The van der Waals surface area contributed by atoms with Crippen molar-refractivity contribution >= 4 is 17.7 Å². The molecule has 0 N–H and O–H groups in total. The number of amides is 1. The Morgan fingerprint density at radius 3 is 2.68 bits per heavy atom. The van der Waals surface area contributed by atoms with Gasteiger partial charge >= 0.3 is 0 Å². The van der Waals surface area contributed by atoms with Crippen LogP contribution in [-0.4, -0.2) is 35.3 Å². The number of ether oxygens (including phenoxy) is 2. The van der Waals surface area contributed by atoms with E-state index >= 15 is 0 Å². The number of pyridine rings is 1. The third-order valence-corrected chi connectivity index (χ3v) is 9.78. The molecule has 0 spiro atoms. The molecule has 3 aliphatic heterocycles. The van der Waals surface area contributed by atoms with Crippen molar-refractivity contribution in [2.24, 2.45) is 11.8 Å². The maximum absolute atomic E-state index is 14.2. The van der Waals surface area contributed by atoms with E-state index in [4.69, 9.17) is 9.47 Å². The van der Waals surface area contributed by atoms with Gasteiger partial charge in [-0.25, -0.2) is 0 Å². The number of benzene rings is 3. The normalized spacial score (nSPS) is 22.1. The van der Waals surface area contributed by atoms with Crippen LogP contribution in [0.5, 0.6) is 11.5 Å². The minimum atomic E-state index is -0.294. The summed E-state index contributed by atoms with van der Waals surface area (Å²) in [6.07, 6.45) is 2.76.